The lowest BCUT2D eigenvalue weighted by Crippen LogP contribution is -2.02. The Kier molecular flexibility index (Phi) is 2.40. The van der Waals surface area contributed by atoms with E-state index < -0.39 is 0 Å². The highest BCUT2D eigenvalue weighted by molar-refractivity contribution is 7.13. The Morgan fingerprint density at radius 1 is 1.47 bits per heavy atom. The minimum Gasteiger partial charge on any atom is -0.286 e. The molecule has 0 amide bonds. The molecule has 15 heavy (non-hydrogen) atoms. The Labute approximate surface area is 91.6 Å². The van der Waals surface area contributed by atoms with Crippen LogP contribution >= 0.6 is 11.3 Å². The molecule has 2 aromatic rings. The number of carbonyl (C=O) groups is 1. The van der Waals surface area contributed by atoms with Crippen molar-refractivity contribution < 1.29 is 4.79 Å². The quantitative estimate of drug-likeness (QED) is 0.725. The van der Waals surface area contributed by atoms with E-state index in [0.29, 0.717) is 10.6 Å². The summed E-state index contributed by atoms with van der Waals surface area (Å²) < 4.78 is 1.62. The highest BCUT2D eigenvalue weighted by Gasteiger charge is 2.17. The molecule has 0 saturated heterocycles. The second-order valence-corrected chi connectivity index (χ2v) is 4.55. The molecule has 0 spiro atoms. The van der Waals surface area contributed by atoms with Gasteiger partial charge in [0.15, 0.2) is 0 Å². The number of ketones is 1. The van der Waals surface area contributed by atoms with Crippen molar-refractivity contribution in [1.29, 1.82) is 0 Å². The lowest BCUT2D eigenvalue weighted by molar-refractivity contribution is 0.103. The fraction of sp³-hybridized carbons (Fsp3) is 0.300. The Morgan fingerprint density at radius 2 is 2.20 bits per heavy atom. The van der Waals surface area contributed by atoms with E-state index in [1.54, 1.807) is 24.0 Å². The topological polar surface area (TPSA) is 47.8 Å². The Morgan fingerprint density at radius 3 is 2.67 bits per heavy atom. The predicted octanol–water partition coefficient (Wildman–Crippen LogP) is 1.72. The molecule has 0 aliphatic heterocycles. The van der Waals surface area contributed by atoms with Gasteiger partial charge in [-0.05, 0) is 19.9 Å². The smallest absolute Gasteiger partial charge is 0.225 e. The van der Waals surface area contributed by atoms with Crippen LogP contribution < -0.4 is 0 Å². The third-order valence-corrected chi connectivity index (χ3v) is 3.13. The number of hydrogen-bond donors (Lipinski definition) is 0. The number of hydrogen-bond acceptors (Lipinski definition) is 4. The van der Waals surface area contributed by atoms with Gasteiger partial charge in [-0.1, -0.05) is 0 Å². The van der Waals surface area contributed by atoms with E-state index in [2.05, 4.69) is 10.1 Å². The van der Waals surface area contributed by atoms with E-state index in [4.69, 9.17) is 0 Å². The molecule has 2 rings (SSSR count). The maximum atomic E-state index is 12.0. The Bertz CT molecular complexity index is 512. The average molecular weight is 221 g/mol. The van der Waals surface area contributed by atoms with Crippen LogP contribution in [0.25, 0.3) is 0 Å². The van der Waals surface area contributed by atoms with Crippen molar-refractivity contribution in [2.24, 2.45) is 7.05 Å². The molecule has 2 heterocycles. The first kappa shape index (κ1) is 10.0. The third-order valence-electron chi connectivity index (χ3n) is 2.06. The third kappa shape index (κ3) is 1.83. The van der Waals surface area contributed by atoms with Crippen molar-refractivity contribution in [1.82, 2.24) is 14.8 Å². The second kappa shape index (κ2) is 3.58. The van der Waals surface area contributed by atoms with Crippen LogP contribution in [0.2, 0.25) is 0 Å². The van der Waals surface area contributed by atoms with Crippen molar-refractivity contribution in [3.8, 4) is 0 Å². The summed E-state index contributed by atoms with van der Waals surface area (Å²) in [4.78, 5) is 16.9. The van der Waals surface area contributed by atoms with E-state index in [1.165, 1.54) is 11.3 Å². The summed E-state index contributed by atoms with van der Waals surface area (Å²) in [5.41, 5.74) is 1.26. The number of aryl methyl sites for hydroxylation is 3. The summed E-state index contributed by atoms with van der Waals surface area (Å²) in [6.07, 6.45) is 1.76. The van der Waals surface area contributed by atoms with Gasteiger partial charge in [-0.2, -0.15) is 5.10 Å². The van der Waals surface area contributed by atoms with E-state index in [1.807, 2.05) is 13.8 Å². The zero-order valence-electron chi connectivity index (χ0n) is 8.81. The fourth-order valence-electron chi connectivity index (χ4n) is 1.39. The lowest BCUT2D eigenvalue weighted by Gasteiger charge is -1.93. The van der Waals surface area contributed by atoms with E-state index in [9.17, 15) is 4.79 Å². The van der Waals surface area contributed by atoms with Gasteiger partial charge in [-0.3, -0.25) is 9.48 Å². The summed E-state index contributed by atoms with van der Waals surface area (Å²) >= 11 is 1.42. The molecule has 0 aliphatic carbocycles. The van der Waals surface area contributed by atoms with E-state index in [0.717, 1.165) is 10.7 Å². The van der Waals surface area contributed by atoms with Gasteiger partial charge in [0.25, 0.3) is 0 Å². The maximum absolute atomic E-state index is 12.0. The first-order chi connectivity index (χ1) is 7.08. The molecule has 5 heteroatoms. The van der Waals surface area contributed by atoms with Gasteiger partial charge < -0.3 is 0 Å². The van der Waals surface area contributed by atoms with Gasteiger partial charge in [-0.15, -0.1) is 11.3 Å². The largest absolute Gasteiger partial charge is 0.286 e. The molecule has 0 N–H and O–H groups in total. The standard InChI is InChI=1S/C10H11N3OS/c1-6-10(15-7(2)11-6)9(14)8-4-5-13(3)12-8/h4-5H,1-3H3. The van der Waals surface area contributed by atoms with Crippen LogP contribution in [0.5, 0.6) is 0 Å². The first-order valence-corrected chi connectivity index (χ1v) is 5.38. The number of nitrogens with zero attached hydrogens (tertiary/aromatic N) is 3. The highest BCUT2D eigenvalue weighted by Crippen LogP contribution is 2.20. The molecule has 4 nitrogen and oxygen atoms in total. The molecule has 2 aromatic heterocycles. The summed E-state index contributed by atoms with van der Waals surface area (Å²) in [5, 5.41) is 4.99. The number of thiazole rings is 1. The molecular weight excluding hydrogens is 210 g/mol. The number of carbonyl (C=O) groups excluding carboxylic acids is 1. The molecule has 0 fully saturated rings. The van der Waals surface area contributed by atoms with Crippen LogP contribution in [0, 0.1) is 13.8 Å². The van der Waals surface area contributed by atoms with Crippen molar-refractivity contribution in [3.63, 3.8) is 0 Å². The van der Waals surface area contributed by atoms with Gasteiger partial charge in [-0.25, -0.2) is 4.98 Å². The van der Waals surface area contributed by atoms with Crippen LogP contribution in [-0.2, 0) is 7.05 Å². The van der Waals surface area contributed by atoms with E-state index >= 15 is 0 Å². The predicted molar refractivity (Wildman–Crippen MR) is 58.2 cm³/mol. The summed E-state index contributed by atoms with van der Waals surface area (Å²) in [6, 6.07) is 1.72. The van der Waals surface area contributed by atoms with Crippen LogP contribution in [0.3, 0.4) is 0 Å². The zero-order chi connectivity index (χ0) is 11.0. The van der Waals surface area contributed by atoms with Crippen molar-refractivity contribution in [2.75, 3.05) is 0 Å². The van der Waals surface area contributed by atoms with Gasteiger partial charge in [0, 0.05) is 13.2 Å². The monoisotopic (exact) mass is 221 g/mol. The molecule has 0 aliphatic rings. The normalized spacial score (nSPS) is 10.6. The van der Waals surface area contributed by atoms with Crippen molar-refractivity contribution in [3.05, 3.63) is 33.5 Å². The molecule has 0 radical (unpaired) electrons. The van der Waals surface area contributed by atoms with Crippen LogP contribution in [0.1, 0.15) is 26.1 Å². The number of rotatable bonds is 2. The summed E-state index contributed by atoms with van der Waals surface area (Å²) in [6.45, 7) is 3.74. The molecule has 0 bridgehead atoms. The van der Waals surface area contributed by atoms with Crippen LogP contribution in [0.15, 0.2) is 12.3 Å². The first-order valence-electron chi connectivity index (χ1n) is 4.56. The Hall–Kier alpha value is -1.49. The molecular formula is C10H11N3OS. The van der Waals surface area contributed by atoms with Crippen molar-refractivity contribution >= 4 is 17.1 Å². The van der Waals surface area contributed by atoms with Gasteiger partial charge >= 0.3 is 0 Å². The zero-order valence-corrected chi connectivity index (χ0v) is 9.63. The summed E-state index contributed by atoms with van der Waals surface area (Å²) in [7, 11) is 1.79. The van der Waals surface area contributed by atoms with E-state index in [-0.39, 0.29) is 5.78 Å². The molecule has 0 saturated carbocycles. The van der Waals surface area contributed by atoms with Crippen molar-refractivity contribution in [2.45, 2.75) is 13.8 Å². The Balaban J connectivity index is 2.40. The molecule has 78 valence electrons. The molecule has 0 aromatic carbocycles. The highest BCUT2D eigenvalue weighted by atomic mass is 32.1. The molecule has 0 unspecified atom stereocenters. The fourth-order valence-corrected chi connectivity index (χ4v) is 2.26. The minimum absolute atomic E-state index is 0.0429. The lowest BCUT2D eigenvalue weighted by atomic mass is 10.2. The maximum Gasteiger partial charge on any atom is 0.225 e. The van der Waals surface area contributed by atoms with Gasteiger partial charge in [0.1, 0.15) is 5.69 Å². The van der Waals surface area contributed by atoms with Crippen LogP contribution in [0.4, 0.5) is 0 Å². The summed E-state index contributed by atoms with van der Waals surface area (Å²) in [5.74, 6) is -0.0429. The number of aromatic nitrogens is 3. The minimum atomic E-state index is -0.0429. The van der Waals surface area contributed by atoms with Crippen LogP contribution in [-0.4, -0.2) is 20.5 Å². The molecule has 0 atom stereocenters. The van der Waals surface area contributed by atoms with Gasteiger partial charge in [0.05, 0.1) is 15.6 Å². The second-order valence-electron chi connectivity index (χ2n) is 3.35. The SMILES string of the molecule is Cc1nc(C)c(C(=O)c2ccn(C)n2)s1. The average Bonchev–Trinajstić information content (AvgIpc) is 2.71. The van der Waals surface area contributed by atoms with Gasteiger partial charge in [0.2, 0.25) is 5.78 Å².